The average Bonchev–Trinajstić information content (AvgIpc) is 3.70. The van der Waals surface area contributed by atoms with Gasteiger partial charge in [-0.25, -0.2) is 0 Å². The highest BCUT2D eigenvalue weighted by Crippen LogP contribution is 2.60. The molecule has 1 spiro atoms. The molecule has 0 aliphatic carbocycles. The molecule has 3 aromatic rings. The third-order valence-electron chi connectivity index (χ3n) is 10.1. The Kier molecular flexibility index (Phi) is 9.48. The van der Waals surface area contributed by atoms with Crippen LogP contribution in [0.2, 0.25) is 18.6 Å². The van der Waals surface area contributed by atoms with Gasteiger partial charge >= 0.3 is 0 Å². The van der Waals surface area contributed by atoms with Gasteiger partial charge in [0.1, 0.15) is 5.75 Å². The third-order valence-corrected chi connectivity index (χ3v) is 12.6. The van der Waals surface area contributed by atoms with Crippen molar-refractivity contribution in [3.63, 3.8) is 0 Å². The predicted molar refractivity (Wildman–Crippen MR) is 184 cm³/mol. The van der Waals surface area contributed by atoms with Crippen molar-refractivity contribution in [3.8, 4) is 5.75 Å². The molecule has 2 saturated heterocycles. The lowest BCUT2D eigenvalue weighted by molar-refractivity contribution is -0.150. The number of carbonyl (C=O) groups excluding carboxylic acids is 3. The number of amides is 3. The molecule has 3 amide bonds. The number of fused-ring (bicyclic) bond motifs is 2. The van der Waals surface area contributed by atoms with Crippen LogP contribution in [0, 0.1) is 5.92 Å². The van der Waals surface area contributed by atoms with Crippen molar-refractivity contribution in [2.45, 2.75) is 69.6 Å². The first kappa shape index (κ1) is 33.8. The largest absolute Gasteiger partial charge is 0.497 e. The maximum atomic E-state index is 16.4. The van der Waals surface area contributed by atoms with Crippen molar-refractivity contribution in [2.24, 2.45) is 5.92 Å². The Hall–Kier alpha value is -4.06. The molecule has 0 unspecified atom stereocenters. The summed E-state index contributed by atoms with van der Waals surface area (Å²) in [5.74, 6) is -0.490. The maximum absolute atomic E-state index is 16.4. The summed E-state index contributed by atoms with van der Waals surface area (Å²) >= 11 is 0. The summed E-state index contributed by atoms with van der Waals surface area (Å²) in [6.07, 6.45) is 0.412. The monoisotopic (exact) mass is 673 g/mol. The number of nitrogens with zero attached hydrogens (tertiary/aromatic N) is 3. The average molecular weight is 674 g/mol. The molecule has 1 N–H and O–H groups in total. The summed E-state index contributed by atoms with van der Waals surface area (Å²) in [6, 6.07) is 22.6. The minimum absolute atomic E-state index is 0.108. The molecule has 3 aromatic carbocycles. The summed E-state index contributed by atoms with van der Waals surface area (Å²) in [6.45, 7) is 6.24. The van der Waals surface area contributed by atoms with Crippen LogP contribution in [0.15, 0.2) is 72.8 Å². The fourth-order valence-corrected chi connectivity index (χ4v) is 10.4. The number of rotatable bonds is 11. The van der Waals surface area contributed by atoms with Crippen molar-refractivity contribution in [1.82, 2.24) is 4.90 Å². The van der Waals surface area contributed by atoms with Crippen LogP contribution >= 0.6 is 0 Å². The molecule has 48 heavy (non-hydrogen) atoms. The number of carbonyl (C=O) groups is 3. The van der Waals surface area contributed by atoms with E-state index in [1.165, 1.54) is 0 Å². The number of methoxy groups -OCH3 is 1. The molecule has 3 heterocycles. The maximum Gasteiger partial charge on any atom is 0.264 e. The second-order valence-electron chi connectivity index (χ2n) is 13.6. The van der Waals surface area contributed by atoms with Gasteiger partial charge in [-0.15, -0.1) is 0 Å². The van der Waals surface area contributed by atoms with E-state index in [0.717, 1.165) is 23.2 Å². The molecule has 0 saturated carbocycles. The van der Waals surface area contributed by atoms with Gasteiger partial charge in [0.05, 0.1) is 38.5 Å². The van der Waals surface area contributed by atoms with E-state index in [2.05, 4.69) is 0 Å². The Morgan fingerprint density at radius 1 is 1.08 bits per heavy atom. The van der Waals surface area contributed by atoms with E-state index in [9.17, 15) is 19.5 Å². The minimum Gasteiger partial charge on any atom is -0.497 e. The highest BCUT2D eigenvalue weighted by Gasteiger charge is 2.67. The van der Waals surface area contributed by atoms with Crippen LogP contribution in [0.5, 0.6) is 5.75 Å². The van der Waals surface area contributed by atoms with Gasteiger partial charge in [0, 0.05) is 48.8 Å². The zero-order valence-corrected chi connectivity index (χ0v) is 29.0. The lowest BCUT2D eigenvalue weighted by atomic mass is 9.82. The van der Waals surface area contributed by atoms with Crippen LogP contribution in [0.1, 0.15) is 42.9 Å². The van der Waals surface area contributed by atoms with E-state index < -0.39 is 31.6 Å². The lowest BCUT2D eigenvalue weighted by Gasteiger charge is -2.31. The van der Waals surface area contributed by atoms with E-state index in [-0.39, 0.29) is 43.8 Å². The van der Waals surface area contributed by atoms with Crippen LogP contribution < -0.4 is 14.5 Å². The molecule has 9 nitrogen and oxygen atoms in total. The number of aliphatic hydroxyl groups excluding tert-OH is 1. The lowest BCUT2D eigenvalue weighted by Crippen LogP contribution is -2.45. The Morgan fingerprint density at radius 3 is 2.44 bits per heavy atom. The molecule has 3 aliphatic rings. The van der Waals surface area contributed by atoms with E-state index in [4.69, 9.17) is 9.47 Å². The standard InChI is InChI=1S/C37H44FN3O6Si/c1-25-35(48(3,4)38)32(22-34(44)39(19-20-42)23-26-9-6-5-7-10-26)47-37(25)30-21-29(46-2)16-17-31(30)41(36(37)45)24-27-12-14-28(15-13-27)40-18-8-11-33(40)43/h5-7,9-10,12-17,21,25,32,35,42H,8,11,18-20,22-24H2,1-4H3/t25-,32+,35-,37+/m0/s1. The highest BCUT2D eigenvalue weighted by molar-refractivity contribution is 6.72. The number of ether oxygens (including phenoxy) is 2. The number of aliphatic hydroxyl groups is 1. The van der Waals surface area contributed by atoms with E-state index in [1.807, 2.05) is 67.6 Å². The summed E-state index contributed by atoms with van der Waals surface area (Å²) < 4.78 is 28.8. The van der Waals surface area contributed by atoms with Gasteiger partial charge in [0.15, 0.2) is 5.60 Å². The highest BCUT2D eigenvalue weighted by atomic mass is 28.4. The Labute approximate surface area is 282 Å². The molecule has 2 fully saturated rings. The first-order chi connectivity index (χ1) is 23.0. The molecule has 254 valence electrons. The molecule has 11 heteroatoms. The number of anilines is 2. The number of halogens is 1. The summed E-state index contributed by atoms with van der Waals surface area (Å²) in [4.78, 5) is 45.9. The van der Waals surface area contributed by atoms with Crippen molar-refractivity contribution >= 4 is 37.5 Å². The number of hydrogen-bond acceptors (Lipinski definition) is 6. The van der Waals surface area contributed by atoms with E-state index >= 15 is 4.11 Å². The van der Waals surface area contributed by atoms with Crippen LogP contribution in [0.3, 0.4) is 0 Å². The van der Waals surface area contributed by atoms with Gasteiger partial charge in [0.25, 0.3) is 5.91 Å². The first-order valence-electron chi connectivity index (χ1n) is 16.7. The molecule has 3 aliphatic heterocycles. The van der Waals surface area contributed by atoms with Crippen molar-refractivity contribution < 1.29 is 33.1 Å². The summed E-state index contributed by atoms with van der Waals surface area (Å²) in [5, 5.41) is 9.78. The Morgan fingerprint density at radius 2 is 1.81 bits per heavy atom. The second kappa shape index (κ2) is 13.4. The molecular formula is C37H44FN3O6Si. The van der Waals surface area contributed by atoms with Crippen molar-refractivity contribution in [2.75, 3.05) is 36.6 Å². The molecule has 4 atom stereocenters. The molecular weight excluding hydrogens is 630 g/mol. The molecule has 0 radical (unpaired) electrons. The van der Waals surface area contributed by atoms with Crippen LogP contribution in [0.4, 0.5) is 15.5 Å². The zero-order chi connectivity index (χ0) is 34.2. The number of hydrogen-bond donors (Lipinski definition) is 1. The number of benzene rings is 3. The summed E-state index contributed by atoms with van der Waals surface area (Å²) in [5.41, 5.74) is 1.70. The molecule has 0 aromatic heterocycles. The normalized spacial score (nSPS) is 23.7. The van der Waals surface area contributed by atoms with Gasteiger partial charge in [-0.2, -0.15) is 0 Å². The third kappa shape index (κ3) is 6.15. The molecule has 6 rings (SSSR count). The predicted octanol–water partition coefficient (Wildman–Crippen LogP) is 5.56. The fraction of sp³-hybridized carbons (Fsp3) is 0.432. The topological polar surface area (TPSA) is 99.6 Å². The molecule has 0 bridgehead atoms. The Balaban J connectivity index is 1.32. The first-order valence-corrected chi connectivity index (χ1v) is 19.6. The SMILES string of the molecule is COc1ccc2c(c1)[C@@]1(O[C@H](CC(=O)N(CCO)Cc3ccccc3)[C@@H]([Si](C)(C)F)[C@@H]1C)C(=O)N2Cc1ccc(N2CCCC2=O)cc1. The second-order valence-corrected chi connectivity index (χ2v) is 17.4. The fourth-order valence-electron chi connectivity index (χ4n) is 7.91. The summed E-state index contributed by atoms with van der Waals surface area (Å²) in [7, 11) is -1.96. The van der Waals surface area contributed by atoms with Crippen LogP contribution in [-0.2, 0) is 37.8 Å². The van der Waals surface area contributed by atoms with Gasteiger partial charge < -0.3 is 33.4 Å². The van der Waals surface area contributed by atoms with E-state index in [1.54, 1.807) is 47.0 Å². The quantitative estimate of drug-likeness (QED) is 0.212. The van der Waals surface area contributed by atoms with Crippen molar-refractivity contribution in [1.29, 1.82) is 0 Å². The van der Waals surface area contributed by atoms with Gasteiger partial charge in [-0.3, -0.25) is 14.4 Å². The Bertz CT molecular complexity index is 1670. The van der Waals surface area contributed by atoms with Gasteiger partial charge in [-0.1, -0.05) is 49.4 Å². The van der Waals surface area contributed by atoms with Gasteiger partial charge in [0.2, 0.25) is 20.2 Å². The van der Waals surface area contributed by atoms with Crippen LogP contribution in [-0.4, -0.2) is 69.0 Å². The van der Waals surface area contributed by atoms with Crippen LogP contribution in [0.25, 0.3) is 0 Å². The van der Waals surface area contributed by atoms with E-state index in [0.29, 0.717) is 36.5 Å². The van der Waals surface area contributed by atoms with Gasteiger partial charge in [-0.05, 0) is 61.0 Å². The van der Waals surface area contributed by atoms with Crippen molar-refractivity contribution in [3.05, 3.63) is 89.5 Å². The minimum atomic E-state index is -3.51. The zero-order valence-electron chi connectivity index (χ0n) is 28.0. The smallest absolute Gasteiger partial charge is 0.264 e.